The molecule has 0 aliphatic carbocycles. The highest BCUT2D eigenvalue weighted by Gasteiger charge is 2.09. The minimum atomic E-state index is -0.473. The Hall–Kier alpha value is -3.49. The number of imidazole rings is 1. The number of amides is 1. The van der Waals surface area contributed by atoms with Crippen molar-refractivity contribution >= 4 is 23.0 Å². The molecular formula is C19H20FN5O3. The lowest BCUT2D eigenvalue weighted by Gasteiger charge is -2.04. The van der Waals surface area contributed by atoms with Crippen molar-refractivity contribution in [2.24, 2.45) is 21.1 Å². The number of nitrogens with one attached hydrogen (secondary N) is 1. The van der Waals surface area contributed by atoms with Crippen molar-refractivity contribution in [3.05, 3.63) is 68.5 Å². The molecule has 0 bridgehead atoms. The Morgan fingerprint density at radius 3 is 2.71 bits per heavy atom. The van der Waals surface area contributed by atoms with Gasteiger partial charge < -0.3 is 14.5 Å². The van der Waals surface area contributed by atoms with Gasteiger partial charge in [0.05, 0.1) is 16.6 Å². The summed E-state index contributed by atoms with van der Waals surface area (Å²) in [5.74, 6) is 0.0163. The summed E-state index contributed by atoms with van der Waals surface area (Å²) in [6.07, 6.45) is 4.46. The zero-order valence-electron chi connectivity index (χ0n) is 15.8. The summed E-state index contributed by atoms with van der Waals surface area (Å²) in [7, 11) is 4.70. The number of rotatable bonds is 5. The molecule has 146 valence electrons. The molecule has 0 unspecified atom stereocenters. The standard InChI is InChI=1S/C19H20FN5O3/c1-23-11-12(18(27)25(3)19(23)28)4-7-17(26)21-9-8-16-22-14-6-5-13(20)10-15(14)24(16)2/h4-7,10-11H,8-9H2,1-3H3,(H,21,26)/b7-4+. The van der Waals surface area contributed by atoms with Crippen molar-refractivity contribution in [1.82, 2.24) is 24.0 Å². The number of benzene rings is 1. The van der Waals surface area contributed by atoms with Crippen LogP contribution < -0.4 is 16.6 Å². The second-order valence-electron chi connectivity index (χ2n) is 6.44. The van der Waals surface area contributed by atoms with Gasteiger partial charge in [0.1, 0.15) is 11.6 Å². The highest BCUT2D eigenvalue weighted by atomic mass is 19.1. The van der Waals surface area contributed by atoms with Gasteiger partial charge in [0.15, 0.2) is 0 Å². The van der Waals surface area contributed by atoms with Crippen molar-refractivity contribution in [1.29, 1.82) is 0 Å². The molecule has 1 aromatic carbocycles. The number of halogens is 1. The van der Waals surface area contributed by atoms with Crippen LogP contribution in [0.25, 0.3) is 17.1 Å². The maximum absolute atomic E-state index is 13.4. The monoisotopic (exact) mass is 385 g/mol. The summed E-state index contributed by atoms with van der Waals surface area (Å²) in [6.45, 7) is 0.327. The molecule has 0 saturated carbocycles. The predicted octanol–water partition coefficient (Wildman–Crippen LogP) is 0.482. The quantitative estimate of drug-likeness (QED) is 0.647. The van der Waals surface area contributed by atoms with Crippen LogP contribution in [0, 0.1) is 5.82 Å². The fourth-order valence-electron chi connectivity index (χ4n) is 2.91. The SMILES string of the molecule is Cn1cc(/C=C/C(=O)NCCc2nc3ccc(F)cc3n2C)c(=O)n(C)c1=O. The van der Waals surface area contributed by atoms with Gasteiger partial charge in [0, 0.05) is 46.4 Å². The molecule has 1 N–H and O–H groups in total. The molecule has 0 saturated heterocycles. The molecule has 2 aromatic heterocycles. The minimum absolute atomic E-state index is 0.233. The highest BCUT2D eigenvalue weighted by Crippen LogP contribution is 2.16. The van der Waals surface area contributed by atoms with E-state index >= 15 is 0 Å². The fourth-order valence-corrected chi connectivity index (χ4v) is 2.91. The van der Waals surface area contributed by atoms with Gasteiger partial charge in [-0.3, -0.25) is 14.2 Å². The summed E-state index contributed by atoms with van der Waals surface area (Å²) in [6, 6.07) is 4.39. The van der Waals surface area contributed by atoms with Crippen LogP contribution in [0.1, 0.15) is 11.4 Å². The average Bonchev–Trinajstić information content (AvgIpc) is 2.97. The van der Waals surface area contributed by atoms with Gasteiger partial charge >= 0.3 is 5.69 Å². The van der Waals surface area contributed by atoms with Crippen LogP contribution in [0.3, 0.4) is 0 Å². The van der Waals surface area contributed by atoms with E-state index < -0.39 is 11.2 Å². The molecule has 3 rings (SSSR count). The van der Waals surface area contributed by atoms with E-state index in [1.54, 1.807) is 17.7 Å². The molecule has 8 nitrogen and oxygen atoms in total. The van der Waals surface area contributed by atoms with Crippen LogP contribution in [0.4, 0.5) is 4.39 Å². The first-order chi connectivity index (χ1) is 13.3. The maximum atomic E-state index is 13.4. The molecule has 2 heterocycles. The Labute approximate surface area is 159 Å². The largest absolute Gasteiger partial charge is 0.352 e. The van der Waals surface area contributed by atoms with Crippen LogP contribution in [0.5, 0.6) is 0 Å². The lowest BCUT2D eigenvalue weighted by atomic mass is 10.3. The summed E-state index contributed by atoms with van der Waals surface area (Å²) < 4.78 is 17.4. The van der Waals surface area contributed by atoms with Gasteiger partial charge in [-0.15, -0.1) is 0 Å². The second kappa shape index (κ2) is 7.63. The third kappa shape index (κ3) is 3.78. The molecule has 0 fully saturated rings. The van der Waals surface area contributed by atoms with E-state index in [2.05, 4.69) is 10.3 Å². The van der Waals surface area contributed by atoms with E-state index in [4.69, 9.17) is 0 Å². The number of hydrogen-bond acceptors (Lipinski definition) is 4. The molecule has 3 aromatic rings. The number of aryl methyl sites for hydroxylation is 2. The van der Waals surface area contributed by atoms with E-state index in [9.17, 15) is 18.8 Å². The Balaban J connectivity index is 1.64. The van der Waals surface area contributed by atoms with Crippen LogP contribution in [-0.4, -0.2) is 31.1 Å². The van der Waals surface area contributed by atoms with E-state index in [1.807, 2.05) is 0 Å². The second-order valence-corrected chi connectivity index (χ2v) is 6.44. The van der Waals surface area contributed by atoms with E-state index in [0.717, 1.165) is 10.4 Å². The molecule has 0 radical (unpaired) electrons. The molecule has 28 heavy (non-hydrogen) atoms. The molecule has 0 atom stereocenters. The maximum Gasteiger partial charge on any atom is 0.330 e. The van der Waals surface area contributed by atoms with Crippen LogP contribution >= 0.6 is 0 Å². The van der Waals surface area contributed by atoms with Crippen LogP contribution in [0.15, 0.2) is 40.1 Å². The molecule has 0 aliphatic heterocycles. The number of carbonyl (C=O) groups excluding carboxylic acids is 1. The Morgan fingerprint density at radius 1 is 1.21 bits per heavy atom. The smallest absolute Gasteiger partial charge is 0.330 e. The molecule has 0 aliphatic rings. The number of aromatic nitrogens is 4. The number of fused-ring (bicyclic) bond motifs is 1. The van der Waals surface area contributed by atoms with Crippen LogP contribution in [-0.2, 0) is 32.4 Å². The Morgan fingerprint density at radius 2 is 1.96 bits per heavy atom. The zero-order valence-corrected chi connectivity index (χ0v) is 15.8. The van der Waals surface area contributed by atoms with Crippen molar-refractivity contribution < 1.29 is 9.18 Å². The van der Waals surface area contributed by atoms with E-state index in [0.29, 0.717) is 24.0 Å². The number of carbonyl (C=O) groups is 1. The lowest BCUT2D eigenvalue weighted by molar-refractivity contribution is -0.116. The Kier molecular flexibility index (Phi) is 5.25. The van der Waals surface area contributed by atoms with Crippen molar-refractivity contribution in [2.45, 2.75) is 6.42 Å². The average molecular weight is 385 g/mol. The normalized spacial score (nSPS) is 11.4. The van der Waals surface area contributed by atoms with Gasteiger partial charge in [-0.05, 0) is 24.3 Å². The first-order valence-corrected chi connectivity index (χ1v) is 8.61. The highest BCUT2D eigenvalue weighted by molar-refractivity contribution is 5.91. The van der Waals surface area contributed by atoms with Gasteiger partial charge in [0.25, 0.3) is 5.56 Å². The zero-order chi connectivity index (χ0) is 20.4. The predicted molar refractivity (Wildman–Crippen MR) is 103 cm³/mol. The first kappa shape index (κ1) is 19.3. The van der Waals surface area contributed by atoms with E-state index in [-0.39, 0.29) is 17.3 Å². The minimum Gasteiger partial charge on any atom is -0.352 e. The summed E-state index contributed by atoms with van der Waals surface area (Å²) in [4.78, 5) is 40.1. The molecular weight excluding hydrogens is 365 g/mol. The number of hydrogen-bond donors (Lipinski definition) is 1. The van der Waals surface area contributed by atoms with Gasteiger partial charge in [-0.1, -0.05) is 0 Å². The van der Waals surface area contributed by atoms with Crippen molar-refractivity contribution in [3.8, 4) is 0 Å². The molecule has 1 amide bonds. The summed E-state index contributed by atoms with van der Waals surface area (Å²) >= 11 is 0. The topological polar surface area (TPSA) is 90.9 Å². The fraction of sp³-hybridized carbons (Fsp3) is 0.263. The lowest BCUT2D eigenvalue weighted by Crippen LogP contribution is -2.37. The van der Waals surface area contributed by atoms with Gasteiger partial charge in [-0.2, -0.15) is 0 Å². The Bertz CT molecular complexity index is 1200. The third-order valence-corrected chi connectivity index (χ3v) is 4.47. The summed E-state index contributed by atoms with van der Waals surface area (Å²) in [5.41, 5.74) is 0.701. The van der Waals surface area contributed by atoms with Crippen molar-refractivity contribution in [3.63, 3.8) is 0 Å². The van der Waals surface area contributed by atoms with E-state index in [1.165, 1.54) is 49.1 Å². The van der Waals surface area contributed by atoms with Gasteiger partial charge in [0.2, 0.25) is 5.91 Å². The molecule has 9 heteroatoms. The first-order valence-electron chi connectivity index (χ1n) is 8.61. The van der Waals surface area contributed by atoms with Crippen molar-refractivity contribution in [2.75, 3.05) is 6.54 Å². The number of nitrogens with zero attached hydrogens (tertiary/aromatic N) is 4. The van der Waals surface area contributed by atoms with Gasteiger partial charge in [-0.25, -0.2) is 14.2 Å². The third-order valence-electron chi connectivity index (χ3n) is 4.47. The summed E-state index contributed by atoms with van der Waals surface area (Å²) in [5, 5.41) is 2.71. The molecule has 0 spiro atoms. The van der Waals surface area contributed by atoms with Crippen LogP contribution in [0.2, 0.25) is 0 Å².